The van der Waals surface area contributed by atoms with Crippen LogP contribution in [-0.4, -0.2) is 45.9 Å². The summed E-state index contributed by atoms with van der Waals surface area (Å²) >= 11 is 0. The first-order valence-electron chi connectivity index (χ1n) is 6.56. The predicted molar refractivity (Wildman–Crippen MR) is 66.5 cm³/mol. The van der Waals surface area contributed by atoms with Gasteiger partial charge in [-0.1, -0.05) is 0 Å². The molecule has 98 valence electrons. The van der Waals surface area contributed by atoms with Gasteiger partial charge in [-0.3, -0.25) is 4.79 Å². The summed E-state index contributed by atoms with van der Waals surface area (Å²) in [6, 6.07) is 0.763. The van der Waals surface area contributed by atoms with E-state index in [-0.39, 0.29) is 11.6 Å². The molecule has 1 aromatic rings. The molecule has 3 rings (SSSR count). The largest absolute Gasteiger partial charge is 0.333 e. The molecule has 3 N–H and O–H groups in total. The Labute approximate surface area is 105 Å². The van der Waals surface area contributed by atoms with Gasteiger partial charge in [0.25, 0.3) is 5.91 Å². The smallest absolute Gasteiger partial charge is 0.323 e. The van der Waals surface area contributed by atoms with E-state index in [0.29, 0.717) is 17.8 Å². The molecule has 1 aromatic heterocycles. The van der Waals surface area contributed by atoms with Crippen molar-refractivity contribution in [2.75, 3.05) is 13.1 Å². The Morgan fingerprint density at radius 2 is 2.22 bits per heavy atom. The first-order chi connectivity index (χ1) is 8.74. The quantitative estimate of drug-likeness (QED) is 0.707. The van der Waals surface area contributed by atoms with E-state index in [9.17, 15) is 9.59 Å². The van der Waals surface area contributed by atoms with Crippen molar-refractivity contribution in [1.82, 2.24) is 20.2 Å². The molecule has 0 aromatic carbocycles. The summed E-state index contributed by atoms with van der Waals surface area (Å²) in [5.74, 6) is -0.0652. The van der Waals surface area contributed by atoms with Crippen molar-refractivity contribution >= 4 is 5.91 Å². The standard InChI is InChI=1S/C12H18N4O2/c17-11(10-6-14-12(18)15-10)16(9-3-4-9)7-8-2-1-5-13-8/h6,8-9,13H,1-5,7H2,(H2,14,15,18). The van der Waals surface area contributed by atoms with Crippen LogP contribution in [0, 0.1) is 0 Å². The van der Waals surface area contributed by atoms with E-state index in [4.69, 9.17) is 0 Å². The number of aromatic amines is 2. The van der Waals surface area contributed by atoms with Gasteiger partial charge in [0.05, 0.1) is 0 Å². The normalized spacial score (nSPS) is 23.2. The molecule has 0 radical (unpaired) electrons. The highest BCUT2D eigenvalue weighted by Crippen LogP contribution is 2.28. The fourth-order valence-corrected chi connectivity index (χ4v) is 2.54. The van der Waals surface area contributed by atoms with E-state index in [0.717, 1.165) is 32.4 Å². The molecule has 6 heteroatoms. The van der Waals surface area contributed by atoms with Crippen LogP contribution >= 0.6 is 0 Å². The summed E-state index contributed by atoms with van der Waals surface area (Å²) < 4.78 is 0. The summed E-state index contributed by atoms with van der Waals surface area (Å²) in [6.07, 6.45) is 5.92. The van der Waals surface area contributed by atoms with Crippen molar-refractivity contribution in [1.29, 1.82) is 0 Å². The third-order valence-corrected chi connectivity index (χ3v) is 3.65. The minimum atomic E-state index is -0.326. The molecular formula is C12H18N4O2. The van der Waals surface area contributed by atoms with Crippen molar-refractivity contribution in [3.8, 4) is 0 Å². The number of carbonyl (C=O) groups excluding carboxylic acids is 1. The molecule has 1 amide bonds. The Morgan fingerprint density at radius 1 is 1.39 bits per heavy atom. The maximum Gasteiger partial charge on any atom is 0.323 e. The maximum absolute atomic E-state index is 12.3. The van der Waals surface area contributed by atoms with Crippen LogP contribution in [-0.2, 0) is 0 Å². The number of rotatable bonds is 4. The summed E-state index contributed by atoms with van der Waals surface area (Å²) in [7, 11) is 0. The number of hydrogen-bond donors (Lipinski definition) is 3. The minimum absolute atomic E-state index is 0.0652. The zero-order valence-electron chi connectivity index (χ0n) is 10.2. The number of aromatic nitrogens is 2. The highest BCUT2D eigenvalue weighted by molar-refractivity contribution is 5.92. The molecule has 18 heavy (non-hydrogen) atoms. The van der Waals surface area contributed by atoms with Crippen LogP contribution in [0.4, 0.5) is 0 Å². The zero-order chi connectivity index (χ0) is 12.5. The lowest BCUT2D eigenvalue weighted by atomic mass is 10.2. The third-order valence-electron chi connectivity index (χ3n) is 3.65. The molecule has 0 bridgehead atoms. The average Bonchev–Trinajstić information content (AvgIpc) is 2.88. The van der Waals surface area contributed by atoms with Crippen molar-refractivity contribution < 1.29 is 4.79 Å². The summed E-state index contributed by atoms with van der Waals surface area (Å²) in [5, 5.41) is 3.41. The lowest BCUT2D eigenvalue weighted by Gasteiger charge is -2.25. The molecule has 1 aliphatic heterocycles. The number of amides is 1. The summed E-state index contributed by atoms with van der Waals surface area (Å²) in [4.78, 5) is 30.3. The van der Waals surface area contributed by atoms with E-state index in [1.807, 2.05) is 4.90 Å². The highest BCUT2D eigenvalue weighted by Gasteiger charge is 2.35. The average molecular weight is 250 g/mol. The summed E-state index contributed by atoms with van der Waals surface area (Å²) in [5.41, 5.74) is 0.0398. The highest BCUT2D eigenvalue weighted by atomic mass is 16.2. The lowest BCUT2D eigenvalue weighted by Crippen LogP contribution is -2.42. The molecule has 1 saturated carbocycles. The lowest BCUT2D eigenvalue weighted by molar-refractivity contribution is 0.0723. The van der Waals surface area contributed by atoms with Gasteiger partial charge in [0.2, 0.25) is 0 Å². The Balaban J connectivity index is 1.72. The van der Waals surface area contributed by atoms with Gasteiger partial charge >= 0.3 is 5.69 Å². The van der Waals surface area contributed by atoms with Gasteiger partial charge < -0.3 is 20.2 Å². The number of imidazole rings is 1. The predicted octanol–water partition coefficient (Wildman–Crippen LogP) is 0.0596. The number of nitrogens with zero attached hydrogens (tertiary/aromatic N) is 1. The van der Waals surface area contributed by atoms with Crippen molar-refractivity contribution in [3.05, 3.63) is 22.4 Å². The van der Waals surface area contributed by atoms with Crippen molar-refractivity contribution in [3.63, 3.8) is 0 Å². The second-order valence-corrected chi connectivity index (χ2v) is 5.14. The molecule has 2 heterocycles. The van der Waals surface area contributed by atoms with Gasteiger partial charge in [0.1, 0.15) is 5.69 Å². The molecule has 1 saturated heterocycles. The molecule has 6 nitrogen and oxygen atoms in total. The number of H-pyrrole nitrogens is 2. The van der Waals surface area contributed by atoms with E-state index >= 15 is 0 Å². The van der Waals surface area contributed by atoms with E-state index in [2.05, 4.69) is 15.3 Å². The molecule has 1 atom stereocenters. The van der Waals surface area contributed by atoms with Crippen LogP contribution in [0.15, 0.2) is 11.0 Å². The van der Waals surface area contributed by atoms with Gasteiger partial charge in [-0.25, -0.2) is 4.79 Å². The Kier molecular flexibility index (Phi) is 2.95. The topological polar surface area (TPSA) is 81.0 Å². The zero-order valence-corrected chi connectivity index (χ0v) is 10.2. The van der Waals surface area contributed by atoms with Crippen molar-refractivity contribution in [2.45, 2.75) is 37.8 Å². The molecular weight excluding hydrogens is 232 g/mol. The Bertz CT molecular complexity index is 482. The number of nitrogens with one attached hydrogen (secondary N) is 3. The molecule has 2 aliphatic rings. The van der Waals surface area contributed by atoms with E-state index in [1.165, 1.54) is 12.6 Å². The van der Waals surface area contributed by atoms with Crippen LogP contribution < -0.4 is 11.0 Å². The Morgan fingerprint density at radius 3 is 2.78 bits per heavy atom. The van der Waals surface area contributed by atoms with Crippen LogP contribution in [0.2, 0.25) is 0 Å². The van der Waals surface area contributed by atoms with Gasteiger partial charge in [0.15, 0.2) is 0 Å². The van der Waals surface area contributed by atoms with Crippen LogP contribution in [0.3, 0.4) is 0 Å². The molecule has 0 spiro atoms. The van der Waals surface area contributed by atoms with Crippen LogP contribution in [0.25, 0.3) is 0 Å². The molecule has 1 aliphatic carbocycles. The number of carbonyl (C=O) groups is 1. The Hall–Kier alpha value is -1.56. The third kappa shape index (κ3) is 2.33. The number of hydrogen-bond acceptors (Lipinski definition) is 3. The monoisotopic (exact) mass is 250 g/mol. The first-order valence-corrected chi connectivity index (χ1v) is 6.56. The van der Waals surface area contributed by atoms with Crippen LogP contribution in [0.1, 0.15) is 36.2 Å². The van der Waals surface area contributed by atoms with Crippen LogP contribution in [0.5, 0.6) is 0 Å². The van der Waals surface area contributed by atoms with Gasteiger partial charge in [0, 0.05) is 24.8 Å². The fourth-order valence-electron chi connectivity index (χ4n) is 2.54. The SMILES string of the molecule is O=C(c1c[nH]c(=O)[nH]1)N(CC1CCCN1)C1CC1. The fraction of sp³-hybridized carbons (Fsp3) is 0.667. The van der Waals surface area contributed by atoms with Gasteiger partial charge in [-0.2, -0.15) is 0 Å². The summed E-state index contributed by atoms with van der Waals surface area (Å²) in [6.45, 7) is 1.79. The van der Waals surface area contributed by atoms with Crippen molar-refractivity contribution in [2.24, 2.45) is 0 Å². The van der Waals surface area contributed by atoms with Gasteiger partial charge in [-0.05, 0) is 32.2 Å². The minimum Gasteiger partial charge on any atom is -0.333 e. The second kappa shape index (κ2) is 4.61. The maximum atomic E-state index is 12.3. The van der Waals surface area contributed by atoms with Gasteiger partial charge in [-0.15, -0.1) is 0 Å². The molecule has 1 unspecified atom stereocenters. The second-order valence-electron chi connectivity index (χ2n) is 5.14. The van der Waals surface area contributed by atoms with E-state index in [1.54, 1.807) is 0 Å². The molecule has 2 fully saturated rings. The first kappa shape index (κ1) is 11.5. The van der Waals surface area contributed by atoms with E-state index < -0.39 is 0 Å².